The predicted octanol–water partition coefficient (Wildman–Crippen LogP) is 4.35. The van der Waals surface area contributed by atoms with Gasteiger partial charge >= 0.3 is 0 Å². The van der Waals surface area contributed by atoms with Crippen molar-refractivity contribution >= 4 is 17.4 Å². The summed E-state index contributed by atoms with van der Waals surface area (Å²) in [5.41, 5.74) is 3.24. The van der Waals surface area contributed by atoms with Crippen LogP contribution in [0.3, 0.4) is 0 Å². The molecule has 0 spiro atoms. The minimum absolute atomic E-state index is 0.733. The molecule has 0 radical (unpaired) electrons. The zero-order chi connectivity index (χ0) is 14.7. The van der Waals surface area contributed by atoms with Gasteiger partial charge in [0.25, 0.3) is 0 Å². The molecule has 21 heavy (non-hydrogen) atoms. The van der Waals surface area contributed by atoms with Crippen molar-refractivity contribution in [3.05, 3.63) is 71.2 Å². The summed E-state index contributed by atoms with van der Waals surface area (Å²) >= 11 is 5.92. The van der Waals surface area contributed by atoms with Crippen LogP contribution in [0.5, 0.6) is 0 Å². The fraction of sp³-hybridized carbons (Fsp3) is 0.118. The van der Waals surface area contributed by atoms with Crippen LogP contribution in [0.15, 0.2) is 60.7 Å². The van der Waals surface area contributed by atoms with Crippen molar-refractivity contribution < 1.29 is 0 Å². The highest BCUT2D eigenvalue weighted by Gasteiger charge is 2.07. The fourth-order valence-corrected chi connectivity index (χ4v) is 2.31. The number of nitrogens with one attached hydrogen (secondary N) is 1. The Kier molecular flexibility index (Phi) is 3.93. The van der Waals surface area contributed by atoms with Crippen molar-refractivity contribution in [2.75, 3.05) is 5.32 Å². The van der Waals surface area contributed by atoms with E-state index in [1.807, 2.05) is 60.3 Å². The lowest BCUT2D eigenvalue weighted by Gasteiger charge is -2.05. The molecule has 3 nitrogen and oxygen atoms in total. The maximum Gasteiger partial charge on any atom is 0.124 e. The molecule has 0 bridgehead atoms. The van der Waals surface area contributed by atoms with Crippen molar-refractivity contribution in [2.45, 2.75) is 6.54 Å². The summed E-state index contributed by atoms with van der Waals surface area (Å²) in [7, 11) is 1.94. The fourth-order valence-electron chi connectivity index (χ4n) is 2.18. The third-order valence-electron chi connectivity index (χ3n) is 3.34. The molecular formula is C17H16ClN3. The molecule has 0 aliphatic heterocycles. The highest BCUT2D eigenvalue weighted by Crippen LogP contribution is 2.23. The van der Waals surface area contributed by atoms with Crippen LogP contribution in [0.4, 0.5) is 5.82 Å². The van der Waals surface area contributed by atoms with Gasteiger partial charge in [0, 0.05) is 30.2 Å². The van der Waals surface area contributed by atoms with E-state index in [1.165, 1.54) is 5.56 Å². The van der Waals surface area contributed by atoms with Gasteiger partial charge in [0.15, 0.2) is 0 Å². The maximum atomic E-state index is 5.92. The van der Waals surface area contributed by atoms with Gasteiger partial charge in [-0.3, -0.25) is 4.68 Å². The number of hydrogen-bond acceptors (Lipinski definition) is 2. The first kappa shape index (κ1) is 13.7. The first-order valence-electron chi connectivity index (χ1n) is 6.80. The second-order valence-corrected chi connectivity index (χ2v) is 5.32. The lowest BCUT2D eigenvalue weighted by atomic mass is 10.1. The quantitative estimate of drug-likeness (QED) is 0.776. The number of nitrogens with zero attached hydrogens (tertiary/aromatic N) is 2. The molecule has 2 aromatic carbocycles. The largest absolute Gasteiger partial charge is 0.366 e. The average molecular weight is 298 g/mol. The molecule has 0 saturated carbocycles. The Hall–Kier alpha value is -2.26. The second kappa shape index (κ2) is 6.02. The summed E-state index contributed by atoms with van der Waals surface area (Å²) in [5.74, 6) is 0.990. The van der Waals surface area contributed by atoms with Gasteiger partial charge in [-0.15, -0.1) is 0 Å². The number of aryl methyl sites for hydroxylation is 1. The Morgan fingerprint density at radius 2 is 1.76 bits per heavy atom. The van der Waals surface area contributed by atoms with Gasteiger partial charge in [-0.25, -0.2) is 0 Å². The summed E-state index contributed by atoms with van der Waals surface area (Å²) < 4.78 is 1.85. The van der Waals surface area contributed by atoms with Crippen LogP contribution in [0, 0.1) is 0 Å². The number of aromatic nitrogens is 2. The molecule has 3 aromatic rings. The van der Waals surface area contributed by atoms with E-state index < -0.39 is 0 Å². The zero-order valence-electron chi connectivity index (χ0n) is 11.8. The minimum atomic E-state index is 0.733. The summed E-state index contributed by atoms with van der Waals surface area (Å²) in [4.78, 5) is 0. The highest BCUT2D eigenvalue weighted by molar-refractivity contribution is 6.30. The number of rotatable bonds is 4. The van der Waals surface area contributed by atoms with Crippen LogP contribution in [0.1, 0.15) is 5.56 Å². The lowest BCUT2D eigenvalue weighted by molar-refractivity contribution is 0.772. The van der Waals surface area contributed by atoms with Crippen molar-refractivity contribution in [1.82, 2.24) is 9.78 Å². The number of halogens is 1. The molecule has 0 aliphatic carbocycles. The summed E-state index contributed by atoms with van der Waals surface area (Å²) in [6.45, 7) is 0.778. The van der Waals surface area contributed by atoms with Crippen LogP contribution in [0.25, 0.3) is 11.3 Å². The molecule has 0 aliphatic rings. The lowest BCUT2D eigenvalue weighted by Crippen LogP contribution is -2.04. The van der Waals surface area contributed by atoms with E-state index in [9.17, 15) is 0 Å². The summed E-state index contributed by atoms with van der Waals surface area (Å²) in [6.07, 6.45) is 0. The molecule has 0 fully saturated rings. The van der Waals surface area contributed by atoms with Crippen LogP contribution in [-0.2, 0) is 13.6 Å². The SMILES string of the molecule is Cn1nc(-c2ccc(Cl)cc2)cc1NCc1ccccc1. The van der Waals surface area contributed by atoms with E-state index in [0.29, 0.717) is 0 Å². The van der Waals surface area contributed by atoms with E-state index >= 15 is 0 Å². The van der Waals surface area contributed by atoms with E-state index in [2.05, 4.69) is 22.5 Å². The van der Waals surface area contributed by atoms with Gasteiger partial charge in [0.05, 0.1) is 5.69 Å². The second-order valence-electron chi connectivity index (χ2n) is 4.88. The molecule has 0 unspecified atom stereocenters. The molecule has 0 atom stereocenters. The zero-order valence-corrected chi connectivity index (χ0v) is 12.5. The Bertz CT molecular complexity index is 718. The molecule has 3 rings (SSSR count). The van der Waals surface area contributed by atoms with E-state index in [4.69, 9.17) is 11.6 Å². The Morgan fingerprint density at radius 1 is 1.05 bits per heavy atom. The Morgan fingerprint density at radius 3 is 2.48 bits per heavy atom. The number of anilines is 1. The molecule has 0 amide bonds. The first-order chi connectivity index (χ1) is 10.2. The van der Waals surface area contributed by atoms with E-state index in [1.54, 1.807) is 0 Å². The molecule has 0 saturated heterocycles. The standard InChI is InChI=1S/C17H16ClN3/c1-21-17(19-12-13-5-3-2-4-6-13)11-16(20-21)14-7-9-15(18)10-8-14/h2-11,19H,12H2,1H3. The molecule has 1 aromatic heterocycles. The summed E-state index contributed by atoms with van der Waals surface area (Å²) in [6, 6.07) is 20.1. The Balaban J connectivity index is 1.77. The molecule has 106 valence electrons. The monoisotopic (exact) mass is 297 g/mol. The maximum absolute atomic E-state index is 5.92. The molecule has 1 heterocycles. The first-order valence-corrected chi connectivity index (χ1v) is 7.18. The van der Waals surface area contributed by atoms with Gasteiger partial charge in [-0.1, -0.05) is 54.1 Å². The van der Waals surface area contributed by atoms with Crippen molar-refractivity contribution in [3.63, 3.8) is 0 Å². The van der Waals surface area contributed by atoms with Gasteiger partial charge in [0.2, 0.25) is 0 Å². The van der Waals surface area contributed by atoms with Gasteiger partial charge in [0.1, 0.15) is 5.82 Å². The van der Waals surface area contributed by atoms with Crippen molar-refractivity contribution in [1.29, 1.82) is 0 Å². The van der Waals surface area contributed by atoms with E-state index in [-0.39, 0.29) is 0 Å². The minimum Gasteiger partial charge on any atom is -0.366 e. The molecule has 1 N–H and O–H groups in total. The van der Waals surface area contributed by atoms with Crippen LogP contribution < -0.4 is 5.32 Å². The topological polar surface area (TPSA) is 29.9 Å². The molecular weight excluding hydrogens is 282 g/mol. The van der Waals surface area contributed by atoms with Gasteiger partial charge < -0.3 is 5.32 Å². The smallest absolute Gasteiger partial charge is 0.124 e. The number of hydrogen-bond donors (Lipinski definition) is 1. The van der Waals surface area contributed by atoms with Crippen LogP contribution in [-0.4, -0.2) is 9.78 Å². The van der Waals surface area contributed by atoms with Crippen LogP contribution >= 0.6 is 11.6 Å². The number of benzene rings is 2. The average Bonchev–Trinajstić information content (AvgIpc) is 2.88. The van der Waals surface area contributed by atoms with Crippen molar-refractivity contribution in [3.8, 4) is 11.3 Å². The predicted molar refractivity (Wildman–Crippen MR) is 87.4 cm³/mol. The summed E-state index contributed by atoms with van der Waals surface area (Å²) in [5, 5.41) is 8.67. The third kappa shape index (κ3) is 3.26. The highest BCUT2D eigenvalue weighted by atomic mass is 35.5. The van der Waals surface area contributed by atoms with Gasteiger partial charge in [-0.05, 0) is 17.7 Å². The molecule has 4 heteroatoms. The van der Waals surface area contributed by atoms with Crippen molar-refractivity contribution in [2.24, 2.45) is 7.05 Å². The van der Waals surface area contributed by atoms with Crippen LogP contribution in [0.2, 0.25) is 5.02 Å². The van der Waals surface area contributed by atoms with Gasteiger partial charge in [-0.2, -0.15) is 5.10 Å². The normalized spacial score (nSPS) is 10.6. The Labute approximate surface area is 129 Å². The third-order valence-corrected chi connectivity index (χ3v) is 3.59. The van der Waals surface area contributed by atoms with E-state index in [0.717, 1.165) is 28.6 Å².